The molecule has 0 saturated heterocycles. The van der Waals surface area contributed by atoms with Crippen LogP contribution in [0.1, 0.15) is 34.1 Å². The van der Waals surface area contributed by atoms with Gasteiger partial charge in [0, 0.05) is 0 Å². The van der Waals surface area contributed by atoms with E-state index in [1.165, 1.54) is 17.6 Å². The van der Waals surface area contributed by atoms with Gasteiger partial charge in [-0.15, -0.1) is 0 Å². The van der Waals surface area contributed by atoms with E-state index in [2.05, 4.69) is 40.3 Å². The summed E-state index contributed by atoms with van der Waals surface area (Å²) in [5, 5.41) is 0. The first-order chi connectivity index (χ1) is 5.52. The van der Waals surface area contributed by atoms with E-state index in [0.29, 0.717) is 5.92 Å². The van der Waals surface area contributed by atoms with E-state index in [4.69, 9.17) is 0 Å². The normalized spacial score (nSPS) is 36.0. The molecule has 0 aromatic rings. The Balaban J connectivity index is 2.80. The maximum absolute atomic E-state index is 4.07. The van der Waals surface area contributed by atoms with Crippen molar-refractivity contribution >= 4 is 0 Å². The van der Waals surface area contributed by atoms with Crippen LogP contribution < -0.4 is 0 Å². The lowest BCUT2D eigenvalue weighted by molar-refractivity contribution is 0.314. The van der Waals surface area contributed by atoms with E-state index < -0.39 is 0 Å². The van der Waals surface area contributed by atoms with Crippen LogP contribution in [0, 0.1) is 17.8 Å². The van der Waals surface area contributed by atoms with Crippen LogP contribution in [0.3, 0.4) is 0 Å². The van der Waals surface area contributed by atoms with Crippen molar-refractivity contribution in [3.8, 4) is 0 Å². The molecule has 0 heteroatoms. The first-order valence-electron chi connectivity index (χ1n) is 4.85. The highest BCUT2D eigenvalue weighted by atomic mass is 14.3. The van der Waals surface area contributed by atoms with Crippen LogP contribution in [-0.2, 0) is 0 Å². The van der Waals surface area contributed by atoms with Gasteiger partial charge < -0.3 is 0 Å². The molecule has 3 unspecified atom stereocenters. The van der Waals surface area contributed by atoms with E-state index in [-0.39, 0.29) is 0 Å². The molecule has 1 aliphatic rings. The number of allylic oxidation sites excluding steroid dienone is 3. The van der Waals surface area contributed by atoms with E-state index in [1.807, 2.05) is 0 Å². The average molecular weight is 164 g/mol. The topological polar surface area (TPSA) is 0 Å². The van der Waals surface area contributed by atoms with Crippen LogP contribution in [0.5, 0.6) is 0 Å². The third-order valence-corrected chi connectivity index (χ3v) is 3.19. The molecule has 3 atom stereocenters. The lowest BCUT2D eigenvalue weighted by Crippen LogP contribution is -2.23. The molecule has 0 radical (unpaired) electrons. The molecule has 1 rings (SSSR count). The number of hydrogen-bond donors (Lipinski definition) is 0. The molecule has 0 spiro atoms. The summed E-state index contributed by atoms with van der Waals surface area (Å²) in [5.41, 5.74) is 2.88. The Hall–Kier alpha value is -0.520. The quantitative estimate of drug-likeness (QED) is 0.517. The first kappa shape index (κ1) is 9.57. The minimum Gasteiger partial charge on any atom is -0.0998 e. The average Bonchev–Trinajstić information content (AvgIpc) is 1.96. The summed E-state index contributed by atoms with van der Waals surface area (Å²) in [7, 11) is 0. The SMILES string of the molecule is C=C(C)C1CC(C)=CC(C)C1C. The zero-order valence-corrected chi connectivity index (χ0v) is 8.72. The minimum atomic E-state index is 0.713. The van der Waals surface area contributed by atoms with Crippen LogP contribution in [0.25, 0.3) is 0 Å². The van der Waals surface area contributed by atoms with Crippen molar-refractivity contribution in [2.45, 2.75) is 34.1 Å². The zero-order chi connectivity index (χ0) is 9.30. The van der Waals surface area contributed by atoms with Crippen molar-refractivity contribution < 1.29 is 0 Å². The summed E-state index contributed by atoms with van der Waals surface area (Å²) in [4.78, 5) is 0. The van der Waals surface area contributed by atoms with Gasteiger partial charge in [-0.05, 0) is 38.0 Å². The summed E-state index contributed by atoms with van der Waals surface area (Å²) in [6.07, 6.45) is 3.63. The van der Waals surface area contributed by atoms with E-state index in [0.717, 1.165) is 11.8 Å². The second-order valence-electron chi connectivity index (χ2n) is 4.39. The maximum Gasteiger partial charge on any atom is -0.0140 e. The van der Waals surface area contributed by atoms with Gasteiger partial charge in [0.05, 0.1) is 0 Å². The molecule has 0 amide bonds. The smallest absolute Gasteiger partial charge is 0.0140 e. The number of hydrogen-bond acceptors (Lipinski definition) is 0. The molecule has 0 aliphatic heterocycles. The maximum atomic E-state index is 4.07. The van der Waals surface area contributed by atoms with Crippen molar-refractivity contribution in [3.05, 3.63) is 23.8 Å². The molecule has 1 aliphatic carbocycles. The highest BCUT2D eigenvalue weighted by Gasteiger charge is 2.26. The fraction of sp³-hybridized carbons (Fsp3) is 0.667. The first-order valence-corrected chi connectivity index (χ1v) is 4.85. The van der Waals surface area contributed by atoms with E-state index in [1.54, 1.807) is 0 Å². The largest absolute Gasteiger partial charge is 0.0998 e. The van der Waals surface area contributed by atoms with Crippen LogP contribution in [0.15, 0.2) is 23.8 Å². The van der Waals surface area contributed by atoms with Crippen LogP contribution in [0.4, 0.5) is 0 Å². The Bertz CT molecular complexity index is 210. The summed E-state index contributed by atoms with van der Waals surface area (Å²) in [6, 6.07) is 0. The Kier molecular flexibility index (Phi) is 2.76. The molecule has 0 heterocycles. The molecule has 0 bridgehead atoms. The summed E-state index contributed by atoms with van der Waals surface area (Å²) < 4.78 is 0. The van der Waals surface area contributed by atoms with Gasteiger partial charge in [0.2, 0.25) is 0 Å². The predicted octanol–water partition coefficient (Wildman–Crippen LogP) is 3.80. The van der Waals surface area contributed by atoms with Gasteiger partial charge in [-0.1, -0.05) is 37.6 Å². The van der Waals surface area contributed by atoms with Gasteiger partial charge in [-0.25, -0.2) is 0 Å². The highest BCUT2D eigenvalue weighted by Crippen LogP contribution is 2.36. The highest BCUT2D eigenvalue weighted by molar-refractivity contribution is 5.14. The third-order valence-electron chi connectivity index (χ3n) is 3.19. The minimum absolute atomic E-state index is 0.713. The molecular weight excluding hydrogens is 144 g/mol. The molecule has 12 heavy (non-hydrogen) atoms. The van der Waals surface area contributed by atoms with Crippen LogP contribution in [0.2, 0.25) is 0 Å². The molecular formula is C12H20. The standard InChI is InChI=1S/C12H20/c1-8(2)12-7-9(3)6-10(4)11(12)5/h6,10-12H,1,7H2,2-5H3. The predicted molar refractivity (Wildman–Crippen MR) is 55.0 cm³/mol. The fourth-order valence-corrected chi connectivity index (χ4v) is 2.19. The molecule has 0 aromatic heterocycles. The van der Waals surface area contributed by atoms with Crippen LogP contribution >= 0.6 is 0 Å². The number of rotatable bonds is 1. The van der Waals surface area contributed by atoms with E-state index >= 15 is 0 Å². The lowest BCUT2D eigenvalue weighted by atomic mass is 9.72. The fourth-order valence-electron chi connectivity index (χ4n) is 2.19. The van der Waals surface area contributed by atoms with Gasteiger partial charge in [0.1, 0.15) is 0 Å². The second kappa shape index (κ2) is 3.47. The third kappa shape index (κ3) is 1.80. The summed E-state index contributed by atoms with van der Waals surface area (Å²) in [5.74, 6) is 2.21. The van der Waals surface area contributed by atoms with Gasteiger partial charge in [-0.3, -0.25) is 0 Å². The van der Waals surface area contributed by atoms with Crippen LogP contribution in [-0.4, -0.2) is 0 Å². The van der Waals surface area contributed by atoms with Crippen molar-refractivity contribution in [2.75, 3.05) is 0 Å². The van der Waals surface area contributed by atoms with Gasteiger partial charge in [0.25, 0.3) is 0 Å². The monoisotopic (exact) mass is 164 g/mol. The van der Waals surface area contributed by atoms with Gasteiger partial charge in [-0.2, -0.15) is 0 Å². The van der Waals surface area contributed by atoms with Crippen molar-refractivity contribution in [1.82, 2.24) is 0 Å². The molecule has 0 aromatic carbocycles. The summed E-state index contributed by atoms with van der Waals surface area (Å²) >= 11 is 0. The molecule has 0 N–H and O–H groups in total. The Morgan fingerprint density at radius 1 is 1.50 bits per heavy atom. The lowest BCUT2D eigenvalue weighted by Gasteiger charge is -2.33. The molecule has 0 fully saturated rings. The Labute approximate surface area is 76.4 Å². The summed E-state index contributed by atoms with van der Waals surface area (Å²) in [6.45, 7) is 13.1. The van der Waals surface area contributed by atoms with Gasteiger partial charge >= 0.3 is 0 Å². The molecule has 0 saturated carbocycles. The van der Waals surface area contributed by atoms with E-state index in [9.17, 15) is 0 Å². The van der Waals surface area contributed by atoms with Crippen molar-refractivity contribution in [1.29, 1.82) is 0 Å². The molecule has 0 nitrogen and oxygen atoms in total. The Morgan fingerprint density at radius 2 is 2.08 bits per heavy atom. The second-order valence-corrected chi connectivity index (χ2v) is 4.39. The zero-order valence-electron chi connectivity index (χ0n) is 8.72. The Morgan fingerprint density at radius 3 is 2.58 bits per heavy atom. The molecule has 68 valence electrons. The van der Waals surface area contributed by atoms with Crippen molar-refractivity contribution in [3.63, 3.8) is 0 Å². The van der Waals surface area contributed by atoms with Gasteiger partial charge in [0.15, 0.2) is 0 Å². The van der Waals surface area contributed by atoms with Crippen molar-refractivity contribution in [2.24, 2.45) is 17.8 Å².